The number of amides is 1. The number of nitrogens with zero attached hydrogens (tertiary/aromatic N) is 2. The Balaban J connectivity index is 1.41. The Morgan fingerprint density at radius 2 is 2.03 bits per heavy atom. The second kappa shape index (κ2) is 9.41. The lowest BCUT2D eigenvalue weighted by molar-refractivity contribution is -0.132. The molecule has 1 aliphatic rings. The molecule has 4 rings (SSSR count). The van der Waals surface area contributed by atoms with Gasteiger partial charge in [0.05, 0.1) is 11.8 Å². The lowest BCUT2D eigenvalue weighted by Gasteiger charge is -2.31. The number of benzene rings is 2. The molecule has 2 heterocycles. The molecule has 6 heteroatoms. The van der Waals surface area contributed by atoms with Gasteiger partial charge in [0.15, 0.2) is 11.7 Å². The maximum atomic E-state index is 14.0. The molecule has 1 aromatic heterocycles. The first-order valence-electron chi connectivity index (χ1n) is 10.8. The van der Waals surface area contributed by atoms with Crippen LogP contribution in [0.4, 0.5) is 8.78 Å². The van der Waals surface area contributed by atoms with E-state index in [2.05, 4.69) is 24.0 Å². The number of aryl methyl sites for hydroxylation is 1. The molecule has 1 fully saturated rings. The van der Waals surface area contributed by atoms with Crippen LogP contribution < -0.4 is 0 Å². The van der Waals surface area contributed by atoms with E-state index < -0.39 is 11.6 Å². The number of carbonyl (C=O) groups excluding carboxylic acids is 1. The van der Waals surface area contributed by atoms with Gasteiger partial charge in [0.1, 0.15) is 11.6 Å². The van der Waals surface area contributed by atoms with Crippen molar-refractivity contribution in [2.75, 3.05) is 6.54 Å². The standard InChI is InChI=1S/C25H26F2N2O2/c1-2-19(17-7-4-3-5-8-17)22-9-6-14-29(22)25(30)13-12-24-28-16-23(31-24)20-11-10-18(26)15-21(20)27/h3-5,7-8,10-11,15-16,19,22H,2,6,9,12-14H2,1H3. The predicted molar refractivity (Wildman–Crippen MR) is 114 cm³/mol. The fraction of sp³-hybridized carbons (Fsp3) is 0.360. The van der Waals surface area contributed by atoms with E-state index in [9.17, 15) is 13.6 Å². The highest BCUT2D eigenvalue weighted by Crippen LogP contribution is 2.34. The number of oxazole rings is 1. The maximum Gasteiger partial charge on any atom is 0.223 e. The zero-order chi connectivity index (χ0) is 21.8. The third-order valence-electron chi connectivity index (χ3n) is 6.05. The first-order valence-corrected chi connectivity index (χ1v) is 10.8. The predicted octanol–water partition coefficient (Wildman–Crippen LogP) is 5.74. The van der Waals surface area contributed by atoms with Crippen LogP contribution in [0.3, 0.4) is 0 Å². The summed E-state index contributed by atoms with van der Waals surface area (Å²) in [6, 6.07) is 13.9. The molecule has 162 valence electrons. The Labute approximate surface area is 180 Å². The molecule has 0 spiro atoms. The minimum atomic E-state index is -0.704. The monoisotopic (exact) mass is 424 g/mol. The number of aromatic nitrogens is 1. The maximum absolute atomic E-state index is 14.0. The molecule has 3 aromatic rings. The van der Waals surface area contributed by atoms with E-state index in [4.69, 9.17) is 4.42 Å². The Morgan fingerprint density at radius 3 is 2.77 bits per heavy atom. The number of carbonyl (C=O) groups is 1. The third kappa shape index (κ3) is 4.68. The van der Waals surface area contributed by atoms with Crippen molar-refractivity contribution in [2.24, 2.45) is 0 Å². The normalized spacial score (nSPS) is 17.1. The molecule has 31 heavy (non-hydrogen) atoms. The molecule has 1 amide bonds. The van der Waals surface area contributed by atoms with E-state index in [1.807, 2.05) is 23.1 Å². The fourth-order valence-electron chi connectivity index (χ4n) is 4.55. The van der Waals surface area contributed by atoms with Crippen molar-refractivity contribution in [2.45, 2.75) is 51.0 Å². The van der Waals surface area contributed by atoms with Crippen LogP contribution in [0, 0.1) is 11.6 Å². The summed E-state index contributed by atoms with van der Waals surface area (Å²) in [4.78, 5) is 19.2. The van der Waals surface area contributed by atoms with Crippen LogP contribution >= 0.6 is 0 Å². The van der Waals surface area contributed by atoms with Gasteiger partial charge in [0, 0.05) is 37.4 Å². The molecule has 1 saturated heterocycles. The van der Waals surface area contributed by atoms with E-state index in [1.54, 1.807) is 0 Å². The summed E-state index contributed by atoms with van der Waals surface area (Å²) in [5, 5.41) is 0. The molecule has 4 nitrogen and oxygen atoms in total. The number of hydrogen-bond acceptors (Lipinski definition) is 3. The third-order valence-corrected chi connectivity index (χ3v) is 6.05. The summed E-state index contributed by atoms with van der Waals surface area (Å²) in [6.45, 7) is 2.94. The fourth-order valence-corrected chi connectivity index (χ4v) is 4.55. The molecule has 0 N–H and O–H groups in total. The minimum Gasteiger partial charge on any atom is -0.441 e. The van der Waals surface area contributed by atoms with Crippen molar-refractivity contribution < 1.29 is 18.0 Å². The molecule has 2 aromatic carbocycles. The van der Waals surface area contributed by atoms with Gasteiger partial charge in [-0.2, -0.15) is 0 Å². The number of likely N-dealkylation sites (tertiary alicyclic amines) is 1. The van der Waals surface area contributed by atoms with Crippen LogP contribution in [0.2, 0.25) is 0 Å². The molecular formula is C25H26F2N2O2. The first kappa shape index (κ1) is 21.2. The summed E-state index contributed by atoms with van der Waals surface area (Å²) < 4.78 is 32.7. The second-order valence-electron chi connectivity index (χ2n) is 7.96. The SMILES string of the molecule is CCC(c1ccccc1)C1CCCN1C(=O)CCc1ncc(-c2ccc(F)cc2F)o1. The lowest BCUT2D eigenvalue weighted by atomic mass is 9.87. The van der Waals surface area contributed by atoms with Gasteiger partial charge in [-0.05, 0) is 37.0 Å². The van der Waals surface area contributed by atoms with Crippen LogP contribution in [-0.2, 0) is 11.2 Å². The van der Waals surface area contributed by atoms with Crippen molar-refractivity contribution in [1.82, 2.24) is 9.88 Å². The Morgan fingerprint density at radius 1 is 1.23 bits per heavy atom. The van der Waals surface area contributed by atoms with Crippen LogP contribution in [0.15, 0.2) is 59.1 Å². The minimum absolute atomic E-state index is 0.0876. The highest BCUT2D eigenvalue weighted by Gasteiger charge is 2.34. The van der Waals surface area contributed by atoms with Gasteiger partial charge in [-0.3, -0.25) is 4.79 Å². The van der Waals surface area contributed by atoms with Crippen LogP contribution in [-0.4, -0.2) is 28.4 Å². The summed E-state index contributed by atoms with van der Waals surface area (Å²) in [5.41, 5.74) is 1.42. The van der Waals surface area contributed by atoms with Gasteiger partial charge in [0.25, 0.3) is 0 Å². The van der Waals surface area contributed by atoms with Gasteiger partial charge >= 0.3 is 0 Å². The molecule has 2 atom stereocenters. The summed E-state index contributed by atoms with van der Waals surface area (Å²) in [6.07, 6.45) is 5.03. The van der Waals surface area contributed by atoms with Gasteiger partial charge in [-0.15, -0.1) is 0 Å². The first-order chi connectivity index (χ1) is 15.1. The van der Waals surface area contributed by atoms with Crippen LogP contribution in [0.1, 0.15) is 50.0 Å². The molecule has 0 saturated carbocycles. The quantitative estimate of drug-likeness (QED) is 0.486. The highest BCUT2D eigenvalue weighted by molar-refractivity contribution is 5.77. The van der Waals surface area contributed by atoms with E-state index >= 15 is 0 Å². The van der Waals surface area contributed by atoms with Gasteiger partial charge in [-0.25, -0.2) is 13.8 Å². The second-order valence-corrected chi connectivity index (χ2v) is 7.96. The largest absolute Gasteiger partial charge is 0.441 e. The topological polar surface area (TPSA) is 46.3 Å². The summed E-state index contributed by atoms with van der Waals surface area (Å²) in [7, 11) is 0. The number of halogens is 2. The molecule has 1 aliphatic heterocycles. The van der Waals surface area contributed by atoms with Crippen molar-refractivity contribution in [3.05, 3.63) is 77.8 Å². The lowest BCUT2D eigenvalue weighted by Crippen LogP contribution is -2.39. The molecule has 0 radical (unpaired) electrons. The van der Waals surface area contributed by atoms with E-state index in [1.165, 1.54) is 23.9 Å². The molecular weight excluding hydrogens is 398 g/mol. The summed E-state index contributed by atoms with van der Waals surface area (Å²) in [5.74, 6) is -0.336. The smallest absolute Gasteiger partial charge is 0.223 e. The van der Waals surface area contributed by atoms with E-state index in [0.29, 0.717) is 18.2 Å². The molecule has 2 unspecified atom stereocenters. The van der Waals surface area contributed by atoms with E-state index in [0.717, 1.165) is 31.9 Å². The number of hydrogen-bond donors (Lipinski definition) is 0. The Kier molecular flexibility index (Phi) is 6.44. The molecule has 0 bridgehead atoms. The Hall–Kier alpha value is -3.02. The van der Waals surface area contributed by atoms with Crippen LogP contribution in [0.5, 0.6) is 0 Å². The highest BCUT2D eigenvalue weighted by atomic mass is 19.1. The van der Waals surface area contributed by atoms with Crippen molar-refractivity contribution in [1.29, 1.82) is 0 Å². The van der Waals surface area contributed by atoms with E-state index in [-0.39, 0.29) is 29.7 Å². The zero-order valence-electron chi connectivity index (χ0n) is 17.6. The summed E-state index contributed by atoms with van der Waals surface area (Å²) >= 11 is 0. The van der Waals surface area contributed by atoms with Crippen molar-refractivity contribution >= 4 is 5.91 Å². The number of rotatable bonds is 7. The van der Waals surface area contributed by atoms with Gasteiger partial charge in [0.2, 0.25) is 5.91 Å². The average Bonchev–Trinajstić information content (AvgIpc) is 3.44. The zero-order valence-corrected chi connectivity index (χ0v) is 17.6. The van der Waals surface area contributed by atoms with Gasteiger partial charge < -0.3 is 9.32 Å². The van der Waals surface area contributed by atoms with Gasteiger partial charge in [-0.1, -0.05) is 37.3 Å². The average molecular weight is 424 g/mol. The van der Waals surface area contributed by atoms with Crippen LogP contribution in [0.25, 0.3) is 11.3 Å². The Bertz CT molecular complexity index is 1040. The molecule has 0 aliphatic carbocycles. The van der Waals surface area contributed by atoms with Crippen molar-refractivity contribution in [3.8, 4) is 11.3 Å². The van der Waals surface area contributed by atoms with Crippen molar-refractivity contribution in [3.63, 3.8) is 0 Å².